The first-order valence-corrected chi connectivity index (χ1v) is 14.6. The molecule has 5 heteroatoms. The number of aliphatic hydroxyl groups excluding tert-OH is 1. The summed E-state index contributed by atoms with van der Waals surface area (Å²) in [5, 5.41) is 15.4. The number of methoxy groups -OCH3 is 1. The SMILES string of the molecule is COC(=O)CCC(C)C1CCC2C3C(O)CC4CC(NCc5ccccn5)CCC4(C)C3CCC12C. The van der Waals surface area contributed by atoms with Crippen LogP contribution in [0.1, 0.15) is 90.7 Å². The highest BCUT2D eigenvalue weighted by Crippen LogP contribution is 2.68. The Morgan fingerprint density at radius 2 is 1.92 bits per heavy atom. The van der Waals surface area contributed by atoms with E-state index in [0.29, 0.717) is 58.8 Å². The number of aliphatic hydroxyl groups is 1. The van der Waals surface area contributed by atoms with Crippen molar-refractivity contribution in [1.82, 2.24) is 10.3 Å². The summed E-state index contributed by atoms with van der Waals surface area (Å²) in [6.45, 7) is 8.28. The van der Waals surface area contributed by atoms with Gasteiger partial charge in [-0.1, -0.05) is 26.8 Å². The zero-order valence-corrected chi connectivity index (χ0v) is 22.9. The van der Waals surface area contributed by atoms with Crippen LogP contribution in [-0.2, 0) is 16.1 Å². The van der Waals surface area contributed by atoms with E-state index in [1.807, 2.05) is 12.3 Å². The van der Waals surface area contributed by atoms with E-state index in [1.54, 1.807) is 0 Å². The highest BCUT2D eigenvalue weighted by Gasteiger charge is 2.62. The maximum atomic E-state index is 11.8. The van der Waals surface area contributed by atoms with Crippen LogP contribution < -0.4 is 5.32 Å². The molecule has 0 bridgehead atoms. The number of aromatic nitrogens is 1. The van der Waals surface area contributed by atoms with Gasteiger partial charge in [-0.15, -0.1) is 0 Å². The molecule has 5 nitrogen and oxygen atoms in total. The number of fused-ring (bicyclic) bond motifs is 5. The third-order valence-corrected chi connectivity index (χ3v) is 11.8. The summed E-state index contributed by atoms with van der Waals surface area (Å²) in [6.07, 6.45) is 12.8. The molecule has 1 aromatic rings. The molecule has 4 fully saturated rings. The molecule has 36 heavy (non-hydrogen) atoms. The monoisotopic (exact) mass is 496 g/mol. The molecule has 10 atom stereocenters. The molecule has 0 amide bonds. The van der Waals surface area contributed by atoms with E-state index in [0.717, 1.165) is 25.1 Å². The number of pyridine rings is 1. The molecular formula is C31H48N2O3. The number of nitrogens with one attached hydrogen (secondary N) is 1. The Morgan fingerprint density at radius 3 is 2.67 bits per heavy atom. The van der Waals surface area contributed by atoms with E-state index in [4.69, 9.17) is 4.74 Å². The van der Waals surface area contributed by atoms with Crippen LogP contribution in [0.4, 0.5) is 0 Å². The van der Waals surface area contributed by atoms with Gasteiger partial charge in [-0.2, -0.15) is 0 Å². The Labute approximate surface area is 218 Å². The summed E-state index contributed by atoms with van der Waals surface area (Å²) in [7, 11) is 1.49. The normalized spacial score (nSPS) is 42.6. The van der Waals surface area contributed by atoms with Crippen molar-refractivity contribution in [3.8, 4) is 0 Å². The zero-order valence-electron chi connectivity index (χ0n) is 22.9. The first kappa shape index (κ1) is 26.2. The molecule has 0 saturated heterocycles. The molecule has 2 N–H and O–H groups in total. The summed E-state index contributed by atoms with van der Waals surface area (Å²) >= 11 is 0. The molecule has 1 heterocycles. The smallest absolute Gasteiger partial charge is 0.305 e. The highest BCUT2D eigenvalue weighted by atomic mass is 16.5. The van der Waals surface area contributed by atoms with Gasteiger partial charge in [0.2, 0.25) is 0 Å². The van der Waals surface area contributed by atoms with Crippen LogP contribution in [0.25, 0.3) is 0 Å². The van der Waals surface area contributed by atoms with E-state index in [2.05, 4.69) is 43.2 Å². The lowest BCUT2D eigenvalue weighted by atomic mass is 9.43. The largest absolute Gasteiger partial charge is 0.469 e. The van der Waals surface area contributed by atoms with Gasteiger partial charge >= 0.3 is 5.97 Å². The molecule has 5 rings (SSSR count). The Hall–Kier alpha value is -1.46. The molecule has 4 saturated carbocycles. The molecule has 10 unspecified atom stereocenters. The van der Waals surface area contributed by atoms with Gasteiger partial charge in [0.1, 0.15) is 0 Å². The van der Waals surface area contributed by atoms with Gasteiger partial charge in [0.05, 0.1) is 18.9 Å². The van der Waals surface area contributed by atoms with Crippen molar-refractivity contribution in [3.63, 3.8) is 0 Å². The number of hydrogen-bond acceptors (Lipinski definition) is 5. The molecule has 200 valence electrons. The molecule has 0 spiro atoms. The van der Waals surface area contributed by atoms with Gasteiger partial charge < -0.3 is 15.2 Å². The second-order valence-corrected chi connectivity index (χ2v) is 13.3. The maximum absolute atomic E-state index is 11.8. The minimum Gasteiger partial charge on any atom is -0.469 e. The lowest BCUT2D eigenvalue weighted by Gasteiger charge is -2.62. The first-order valence-electron chi connectivity index (χ1n) is 14.6. The predicted octanol–water partition coefficient (Wildman–Crippen LogP) is 5.76. The van der Waals surface area contributed by atoms with Gasteiger partial charge in [-0.3, -0.25) is 9.78 Å². The van der Waals surface area contributed by atoms with Crippen molar-refractivity contribution in [2.75, 3.05) is 7.11 Å². The third-order valence-electron chi connectivity index (χ3n) is 11.8. The maximum Gasteiger partial charge on any atom is 0.305 e. The average Bonchev–Trinajstić information content (AvgIpc) is 3.24. The second-order valence-electron chi connectivity index (χ2n) is 13.3. The van der Waals surface area contributed by atoms with Gasteiger partial charge in [0, 0.05) is 25.2 Å². The van der Waals surface area contributed by atoms with E-state index >= 15 is 0 Å². The average molecular weight is 497 g/mol. The standard InChI is InChI=1S/C31H48N2O3/c1-20(8-11-28(35)36-4)24-9-10-25-29-26(13-15-31(24,25)3)30(2)14-12-22(17-21(30)18-27(29)34)33-19-23-7-5-6-16-32-23/h5-7,16,20-22,24-27,29,33-34H,8-15,17-19H2,1-4H3. The van der Waals surface area contributed by atoms with E-state index in [9.17, 15) is 9.90 Å². The quantitative estimate of drug-likeness (QED) is 0.470. The Bertz CT molecular complexity index is 908. The summed E-state index contributed by atoms with van der Waals surface area (Å²) in [6, 6.07) is 6.65. The number of hydrogen-bond donors (Lipinski definition) is 2. The molecule has 1 aromatic heterocycles. The van der Waals surface area contributed by atoms with Crippen molar-refractivity contribution in [1.29, 1.82) is 0 Å². The van der Waals surface area contributed by atoms with E-state index in [1.165, 1.54) is 52.1 Å². The minimum atomic E-state index is -0.170. The molecule has 0 aliphatic heterocycles. The van der Waals surface area contributed by atoms with Gasteiger partial charge in [-0.05, 0) is 116 Å². The van der Waals surface area contributed by atoms with Crippen LogP contribution in [0.2, 0.25) is 0 Å². The van der Waals surface area contributed by atoms with Gasteiger partial charge in [-0.25, -0.2) is 0 Å². The first-order chi connectivity index (χ1) is 17.3. The topological polar surface area (TPSA) is 71.5 Å². The van der Waals surface area contributed by atoms with Gasteiger partial charge in [0.15, 0.2) is 0 Å². The van der Waals surface area contributed by atoms with Crippen molar-refractivity contribution in [2.24, 2.45) is 46.3 Å². The Morgan fingerprint density at radius 1 is 1.14 bits per heavy atom. The van der Waals surface area contributed by atoms with Crippen molar-refractivity contribution in [3.05, 3.63) is 30.1 Å². The van der Waals surface area contributed by atoms with E-state index in [-0.39, 0.29) is 12.1 Å². The van der Waals surface area contributed by atoms with Crippen LogP contribution in [0.15, 0.2) is 24.4 Å². The fourth-order valence-corrected chi connectivity index (χ4v) is 9.78. The van der Waals surface area contributed by atoms with Gasteiger partial charge in [0.25, 0.3) is 0 Å². The van der Waals surface area contributed by atoms with Crippen LogP contribution >= 0.6 is 0 Å². The van der Waals surface area contributed by atoms with Crippen molar-refractivity contribution < 1.29 is 14.6 Å². The number of esters is 1. The number of carbonyl (C=O) groups is 1. The van der Waals surface area contributed by atoms with Crippen LogP contribution in [0.3, 0.4) is 0 Å². The summed E-state index contributed by atoms with van der Waals surface area (Å²) in [5.41, 5.74) is 1.75. The molecule has 4 aliphatic carbocycles. The molecule has 4 aliphatic rings. The number of ether oxygens (including phenoxy) is 1. The Balaban J connectivity index is 1.25. The zero-order chi connectivity index (χ0) is 25.5. The molecule has 0 radical (unpaired) electrons. The fourth-order valence-electron chi connectivity index (χ4n) is 9.78. The highest BCUT2D eigenvalue weighted by molar-refractivity contribution is 5.69. The van der Waals surface area contributed by atoms with Crippen LogP contribution in [0, 0.1) is 46.3 Å². The lowest BCUT2D eigenvalue weighted by molar-refractivity contribution is -0.167. The summed E-state index contributed by atoms with van der Waals surface area (Å²) in [5.74, 6) is 3.40. The minimum absolute atomic E-state index is 0.0861. The fraction of sp³-hybridized carbons (Fsp3) is 0.806. The van der Waals surface area contributed by atoms with Crippen LogP contribution in [0.5, 0.6) is 0 Å². The molecule has 0 aromatic carbocycles. The number of nitrogens with zero attached hydrogens (tertiary/aromatic N) is 1. The summed E-state index contributed by atoms with van der Waals surface area (Å²) in [4.78, 5) is 16.2. The number of carbonyl (C=O) groups excluding carboxylic acids is 1. The van der Waals surface area contributed by atoms with Crippen LogP contribution in [-0.4, -0.2) is 35.3 Å². The van der Waals surface area contributed by atoms with E-state index < -0.39 is 0 Å². The lowest BCUT2D eigenvalue weighted by Crippen LogP contribution is -2.59. The Kier molecular flexibility index (Phi) is 7.53. The number of rotatable bonds is 7. The predicted molar refractivity (Wildman–Crippen MR) is 142 cm³/mol. The second kappa shape index (κ2) is 10.4. The van der Waals surface area contributed by atoms with Crippen molar-refractivity contribution >= 4 is 5.97 Å². The van der Waals surface area contributed by atoms with Crippen molar-refractivity contribution in [2.45, 2.75) is 104 Å². The summed E-state index contributed by atoms with van der Waals surface area (Å²) < 4.78 is 4.91. The third kappa shape index (κ3) is 4.64. The molecular weight excluding hydrogens is 448 g/mol.